The van der Waals surface area contributed by atoms with Crippen LogP contribution < -0.4 is 5.32 Å². The number of hydrogen-bond acceptors (Lipinski definition) is 6. The van der Waals surface area contributed by atoms with Crippen molar-refractivity contribution < 1.29 is 18.0 Å². The number of aryl methyl sites for hydroxylation is 1. The monoisotopic (exact) mass is 533 g/mol. The number of piperazine rings is 1. The van der Waals surface area contributed by atoms with Crippen LogP contribution in [0.4, 0.5) is 18.9 Å². The molecule has 1 fully saturated rings. The van der Waals surface area contributed by atoms with Crippen LogP contribution in [-0.2, 0) is 12.7 Å². The zero-order valence-electron chi connectivity index (χ0n) is 21.5. The Morgan fingerprint density at radius 2 is 1.85 bits per heavy atom. The number of carbonyl (C=O) groups is 1. The molecule has 0 aliphatic carbocycles. The summed E-state index contributed by atoms with van der Waals surface area (Å²) >= 11 is 0. The molecule has 11 heteroatoms. The average molecular weight is 534 g/mol. The number of amides is 1. The molecule has 0 spiro atoms. The quantitative estimate of drug-likeness (QED) is 0.402. The van der Waals surface area contributed by atoms with Crippen LogP contribution in [0.2, 0.25) is 0 Å². The molecule has 1 aromatic carbocycles. The molecule has 8 nitrogen and oxygen atoms in total. The molecule has 4 aromatic rings. The van der Waals surface area contributed by atoms with Gasteiger partial charge in [0.15, 0.2) is 0 Å². The molecular weight excluding hydrogens is 507 g/mol. The van der Waals surface area contributed by atoms with E-state index in [9.17, 15) is 18.0 Å². The van der Waals surface area contributed by atoms with Gasteiger partial charge in [-0.1, -0.05) is 12.0 Å². The number of imidazole rings is 1. The van der Waals surface area contributed by atoms with Crippen LogP contribution in [0.5, 0.6) is 0 Å². The molecule has 1 amide bonds. The number of benzene rings is 1. The highest BCUT2D eigenvalue weighted by Gasteiger charge is 2.34. The number of anilines is 1. The standard InChI is InChI=1S/C28H26F3N7O/c1-19-7-8-38-24(17-33-27(38)34-19)6-3-20-13-22(16-32-15-20)26(39)35-23-5-4-21(25(14-23)28(29,30)31)18-37-11-9-36(2)10-12-37/h4-5,7-8,13-17H,9-12,18H2,1-2H3,(H,35,39). The predicted molar refractivity (Wildman–Crippen MR) is 140 cm³/mol. The van der Waals surface area contributed by atoms with Gasteiger partial charge in [0.05, 0.1) is 17.3 Å². The van der Waals surface area contributed by atoms with Gasteiger partial charge >= 0.3 is 6.18 Å². The SMILES string of the molecule is Cc1ccn2c(C#Cc3cncc(C(=O)Nc4ccc(CN5CCN(C)CC5)c(C(F)(F)F)c4)c3)cnc2n1. The van der Waals surface area contributed by atoms with E-state index in [1.54, 1.807) is 10.6 Å². The highest BCUT2D eigenvalue weighted by Crippen LogP contribution is 2.34. The van der Waals surface area contributed by atoms with Gasteiger partial charge in [-0.3, -0.25) is 19.1 Å². The normalized spacial score (nSPS) is 14.7. The lowest BCUT2D eigenvalue weighted by molar-refractivity contribution is -0.138. The van der Waals surface area contributed by atoms with Gasteiger partial charge in [0.1, 0.15) is 5.69 Å². The number of carbonyl (C=O) groups excluding carboxylic acids is 1. The number of nitrogens with one attached hydrogen (secondary N) is 1. The molecule has 0 saturated carbocycles. The maximum Gasteiger partial charge on any atom is 0.416 e. The maximum atomic E-state index is 13.9. The lowest BCUT2D eigenvalue weighted by Crippen LogP contribution is -2.44. The molecule has 0 atom stereocenters. The number of alkyl halides is 3. The van der Waals surface area contributed by atoms with Crippen molar-refractivity contribution in [2.24, 2.45) is 0 Å². The molecule has 4 heterocycles. The Labute approximate surface area is 223 Å². The third-order valence-electron chi connectivity index (χ3n) is 6.52. The van der Waals surface area contributed by atoms with Crippen molar-refractivity contribution in [3.8, 4) is 11.8 Å². The molecule has 1 aliphatic rings. The summed E-state index contributed by atoms with van der Waals surface area (Å²) in [5, 5.41) is 2.56. The van der Waals surface area contributed by atoms with Gasteiger partial charge in [0, 0.05) is 68.3 Å². The van der Waals surface area contributed by atoms with Crippen LogP contribution in [-0.4, -0.2) is 68.3 Å². The van der Waals surface area contributed by atoms with E-state index < -0.39 is 17.6 Å². The number of halogens is 3. The molecule has 200 valence electrons. The van der Waals surface area contributed by atoms with Gasteiger partial charge in [-0.05, 0) is 49.7 Å². The van der Waals surface area contributed by atoms with E-state index in [2.05, 4.69) is 37.0 Å². The minimum atomic E-state index is -4.55. The Hall–Kier alpha value is -4.27. The topological polar surface area (TPSA) is 78.7 Å². The Bertz CT molecular complexity index is 1580. The van der Waals surface area contributed by atoms with E-state index in [-0.39, 0.29) is 23.4 Å². The van der Waals surface area contributed by atoms with Crippen LogP contribution in [0, 0.1) is 18.8 Å². The van der Waals surface area contributed by atoms with Gasteiger partial charge in [-0.25, -0.2) is 9.97 Å². The number of fused-ring (bicyclic) bond motifs is 1. The number of likely N-dealkylation sites (N-methyl/N-ethyl adjacent to an activating group) is 1. The van der Waals surface area contributed by atoms with Gasteiger partial charge in [-0.15, -0.1) is 0 Å². The fourth-order valence-electron chi connectivity index (χ4n) is 4.33. The van der Waals surface area contributed by atoms with E-state index in [0.29, 0.717) is 30.1 Å². The van der Waals surface area contributed by atoms with Crippen molar-refractivity contribution in [3.63, 3.8) is 0 Å². The van der Waals surface area contributed by atoms with Crippen molar-refractivity contribution in [3.05, 3.63) is 88.8 Å². The molecule has 1 saturated heterocycles. The predicted octanol–water partition coefficient (Wildman–Crippen LogP) is 3.85. The number of nitrogens with zero attached hydrogens (tertiary/aromatic N) is 6. The highest BCUT2D eigenvalue weighted by atomic mass is 19.4. The molecule has 3 aromatic heterocycles. The summed E-state index contributed by atoms with van der Waals surface area (Å²) in [5.41, 5.74) is 1.57. The lowest BCUT2D eigenvalue weighted by atomic mass is 10.0. The Morgan fingerprint density at radius 1 is 1.05 bits per heavy atom. The molecule has 39 heavy (non-hydrogen) atoms. The fraction of sp³-hybridized carbons (Fsp3) is 0.286. The van der Waals surface area contributed by atoms with E-state index in [1.165, 1.54) is 30.6 Å². The second-order valence-corrected chi connectivity index (χ2v) is 9.50. The zero-order valence-corrected chi connectivity index (χ0v) is 21.5. The molecular formula is C28H26F3N7O. The van der Waals surface area contributed by atoms with Crippen LogP contribution in [0.15, 0.2) is 55.1 Å². The fourth-order valence-corrected chi connectivity index (χ4v) is 4.33. The summed E-state index contributed by atoms with van der Waals surface area (Å²) in [7, 11) is 1.99. The summed E-state index contributed by atoms with van der Waals surface area (Å²) in [5.74, 6) is 5.89. The number of rotatable bonds is 4. The molecule has 1 N–H and O–H groups in total. The Morgan fingerprint density at radius 3 is 2.62 bits per heavy atom. The van der Waals surface area contributed by atoms with Crippen molar-refractivity contribution in [2.75, 3.05) is 38.5 Å². The number of hydrogen-bond donors (Lipinski definition) is 1. The minimum Gasteiger partial charge on any atom is -0.322 e. The lowest BCUT2D eigenvalue weighted by Gasteiger charge is -2.33. The summed E-state index contributed by atoms with van der Waals surface area (Å²) in [4.78, 5) is 29.7. The first-order valence-corrected chi connectivity index (χ1v) is 12.4. The zero-order chi connectivity index (χ0) is 27.6. The Kier molecular flexibility index (Phi) is 7.32. The molecule has 0 unspecified atom stereocenters. The van der Waals surface area contributed by atoms with Crippen molar-refractivity contribution in [1.29, 1.82) is 0 Å². The van der Waals surface area contributed by atoms with E-state index in [1.807, 2.05) is 31.1 Å². The van der Waals surface area contributed by atoms with Gasteiger partial charge < -0.3 is 10.2 Å². The molecule has 0 bridgehead atoms. The minimum absolute atomic E-state index is 0.0551. The van der Waals surface area contributed by atoms with Gasteiger partial charge in [0.2, 0.25) is 5.78 Å². The first-order valence-electron chi connectivity index (χ1n) is 12.4. The van der Waals surface area contributed by atoms with E-state index in [0.717, 1.165) is 24.8 Å². The van der Waals surface area contributed by atoms with Gasteiger partial charge in [0.25, 0.3) is 5.91 Å². The molecule has 0 radical (unpaired) electrons. The highest BCUT2D eigenvalue weighted by molar-refractivity contribution is 6.04. The second-order valence-electron chi connectivity index (χ2n) is 9.50. The third-order valence-corrected chi connectivity index (χ3v) is 6.52. The van der Waals surface area contributed by atoms with Crippen LogP contribution in [0.1, 0.15) is 38.4 Å². The van der Waals surface area contributed by atoms with E-state index >= 15 is 0 Å². The maximum absolute atomic E-state index is 13.9. The summed E-state index contributed by atoms with van der Waals surface area (Å²) in [6.07, 6.45) is 1.72. The van der Waals surface area contributed by atoms with Crippen molar-refractivity contribution in [2.45, 2.75) is 19.6 Å². The van der Waals surface area contributed by atoms with Gasteiger partial charge in [-0.2, -0.15) is 13.2 Å². The Balaban J connectivity index is 1.32. The second kappa shape index (κ2) is 10.8. The molecule has 5 rings (SSSR count). The van der Waals surface area contributed by atoms with Crippen molar-refractivity contribution in [1.82, 2.24) is 29.2 Å². The largest absolute Gasteiger partial charge is 0.416 e. The third kappa shape index (κ3) is 6.25. The first kappa shape index (κ1) is 26.3. The van der Waals surface area contributed by atoms with Crippen LogP contribution in [0.25, 0.3) is 5.78 Å². The first-order chi connectivity index (χ1) is 18.7. The van der Waals surface area contributed by atoms with Crippen LogP contribution >= 0.6 is 0 Å². The molecule has 1 aliphatic heterocycles. The van der Waals surface area contributed by atoms with E-state index in [4.69, 9.17) is 0 Å². The average Bonchev–Trinajstić information content (AvgIpc) is 3.31. The van der Waals surface area contributed by atoms with Crippen molar-refractivity contribution >= 4 is 17.4 Å². The summed E-state index contributed by atoms with van der Waals surface area (Å²) in [6, 6.07) is 7.29. The van der Waals surface area contributed by atoms with Crippen LogP contribution in [0.3, 0.4) is 0 Å². The number of aromatic nitrogens is 4. The summed E-state index contributed by atoms with van der Waals surface area (Å²) < 4.78 is 43.5. The number of pyridine rings is 1. The summed E-state index contributed by atoms with van der Waals surface area (Å²) in [6.45, 7) is 5.09. The smallest absolute Gasteiger partial charge is 0.322 e.